The molecule has 0 fully saturated rings. The van der Waals surface area contributed by atoms with Crippen LogP contribution in [0.4, 0.5) is 11.4 Å². The molecule has 0 atom stereocenters. The van der Waals surface area contributed by atoms with Crippen LogP contribution in [0.25, 0.3) is 0 Å². The maximum atomic E-state index is 12.3. The van der Waals surface area contributed by atoms with Gasteiger partial charge in [-0.15, -0.1) is 0 Å². The minimum atomic E-state index is -1.01. The summed E-state index contributed by atoms with van der Waals surface area (Å²) in [6, 6.07) is 15.8. The fourth-order valence-corrected chi connectivity index (χ4v) is 3.04. The van der Waals surface area contributed by atoms with Crippen LogP contribution >= 0.6 is 23.2 Å². The highest BCUT2D eigenvalue weighted by atomic mass is 35.5. The number of carbonyl (C=O) groups excluding carboxylic acids is 3. The Labute approximate surface area is 208 Å². The van der Waals surface area contributed by atoms with E-state index in [1.807, 2.05) is 0 Å². The molecule has 0 aliphatic rings. The van der Waals surface area contributed by atoms with Gasteiger partial charge < -0.3 is 10.1 Å². The molecule has 0 heterocycles. The lowest BCUT2D eigenvalue weighted by Gasteiger charge is -2.07. The van der Waals surface area contributed by atoms with Gasteiger partial charge in [-0.1, -0.05) is 35.3 Å². The van der Waals surface area contributed by atoms with Crippen LogP contribution in [-0.2, 0) is 9.59 Å². The summed E-state index contributed by atoms with van der Waals surface area (Å²) in [6.07, 6.45) is 0. The van der Waals surface area contributed by atoms with Crippen LogP contribution in [0.2, 0.25) is 10.0 Å². The van der Waals surface area contributed by atoms with Crippen molar-refractivity contribution in [1.82, 2.24) is 5.43 Å². The maximum absolute atomic E-state index is 12.3. The second kappa shape index (κ2) is 11.2. The lowest BCUT2D eigenvalue weighted by molar-refractivity contribution is -0.385. The summed E-state index contributed by atoms with van der Waals surface area (Å²) in [5, 5.41) is 17.9. The van der Waals surface area contributed by atoms with Gasteiger partial charge >= 0.3 is 17.8 Å². The number of nitro groups is 1. The van der Waals surface area contributed by atoms with Gasteiger partial charge in [-0.3, -0.25) is 19.7 Å². The number of nitrogens with one attached hydrogen (secondary N) is 2. The maximum Gasteiger partial charge on any atom is 0.350 e. The molecule has 12 heteroatoms. The average Bonchev–Trinajstić information content (AvgIpc) is 2.84. The number of hydrogen-bond acceptors (Lipinski definition) is 7. The van der Waals surface area contributed by atoms with E-state index < -0.39 is 22.7 Å². The molecule has 2 N–H and O–H groups in total. The van der Waals surface area contributed by atoms with Gasteiger partial charge in [0, 0.05) is 11.8 Å². The van der Waals surface area contributed by atoms with E-state index in [1.54, 1.807) is 19.1 Å². The first-order chi connectivity index (χ1) is 16.7. The molecule has 0 aliphatic carbocycles. The van der Waals surface area contributed by atoms with Crippen LogP contribution in [0.1, 0.15) is 22.8 Å². The Hall–Kier alpha value is -4.28. The van der Waals surface area contributed by atoms with Crippen molar-refractivity contribution in [3.05, 3.63) is 98.0 Å². The molecular formula is C23H16Cl2N4O6. The minimum absolute atomic E-state index is 0.148. The van der Waals surface area contributed by atoms with Crippen molar-refractivity contribution < 1.29 is 24.0 Å². The molecule has 3 aromatic rings. The van der Waals surface area contributed by atoms with E-state index in [0.29, 0.717) is 16.3 Å². The SMILES string of the molecule is C/C(=N\NC(=O)C(=O)Nc1ccc(Cl)c(Cl)c1)c1ccc(OC(=O)c2ccccc2[N+](=O)[O-])cc1. The Morgan fingerprint density at radius 1 is 0.943 bits per heavy atom. The third-order valence-corrected chi connectivity index (χ3v) is 5.25. The predicted octanol–water partition coefficient (Wildman–Crippen LogP) is 4.60. The first-order valence-electron chi connectivity index (χ1n) is 9.82. The Balaban J connectivity index is 1.60. The van der Waals surface area contributed by atoms with Gasteiger partial charge in [-0.05, 0) is 61.0 Å². The third kappa shape index (κ3) is 6.62. The Morgan fingerprint density at radius 2 is 1.63 bits per heavy atom. The summed E-state index contributed by atoms with van der Waals surface area (Å²) in [4.78, 5) is 46.8. The molecule has 10 nitrogen and oxygen atoms in total. The largest absolute Gasteiger partial charge is 0.423 e. The summed E-state index contributed by atoms with van der Waals surface area (Å²) in [5.74, 6) is -2.70. The Kier molecular flexibility index (Phi) is 8.13. The number of halogens is 2. The van der Waals surface area contributed by atoms with Crippen LogP contribution in [-0.4, -0.2) is 28.4 Å². The first kappa shape index (κ1) is 25.3. The van der Waals surface area contributed by atoms with Crippen LogP contribution in [0.3, 0.4) is 0 Å². The zero-order chi connectivity index (χ0) is 25.5. The lowest BCUT2D eigenvalue weighted by Crippen LogP contribution is -2.32. The van der Waals surface area contributed by atoms with Gasteiger partial charge in [0.25, 0.3) is 5.69 Å². The number of nitro benzene ring substituents is 1. The van der Waals surface area contributed by atoms with Crippen molar-refractivity contribution in [3.63, 3.8) is 0 Å². The van der Waals surface area contributed by atoms with Crippen molar-refractivity contribution in [3.8, 4) is 5.75 Å². The van der Waals surface area contributed by atoms with Gasteiger partial charge in [0.15, 0.2) is 0 Å². The number of amides is 2. The highest BCUT2D eigenvalue weighted by Crippen LogP contribution is 2.25. The van der Waals surface area contributed by atoms with Gasteiger partial charge in [0.05, 0.1) is 20.7 Å². The van der Waals surface area contributed by atoms with Crippen LogP contribution in [0, 0.1) is 10.1 Å². The summed E-state index contributed by atoms with van der Waals surface area (Å²) >= 11 is 11.7. The highest BCUT2D eigenvalue weighted by molar-refractivity contribution is 6.43. The molecule has 0 aliphatic heterocycles. The van der Waals surface area contributed by atoms with Crippen molar-refractivity contribution in [1.29, 1.82) is 0 Å². The number of carbonyl (C=O) groups is 3. The fraction of sp³-hybridized carbons (Fsp3) is 0.0435. The number of nitrogens with zero attached hydrogens (tertiary/aromatic N) is 2. The molecule has 3 aromatic carbocycles. The topological polar surface area (TPSA) is 140 Å². The van der Waals surface area contributed by atoms with Gasteiger partial charge in [-0.25, -0.2) is 10.2 Å². The number of benzene rings is 3. The second-order valence-electron chi connectivity index (χ2n) is 6.91. The van der Waals surface area contributed by atoms with E-state index in [-0.39, 0.29) is 27.7 Å². The fourth-order valence-electron chi connectivity index (χ4n) is 2.74. The van der Waals surface area contributed by atoms with Crippen LogP contribution < -0.4 is 15.5 Å². The number of para-hydroxylation sites is 1. The molecule has 178 valence electrons. The standard InChI is InChI=1S/C23H16Cl2N4O6/c1-13(27-28-22(31)21(30)26-15-8-11-18(24)19(25)12-15)14-6-9-16(10-7-14)35-23(32)17-4-2-3-5-20(17)29(33)34/h2-12H,1H3,(H,26,30)(H,28,31)/b27-13+. The van der Waals surface area contributed by atoms with Crippen molar-refractivity contribution in [2.75, 3.05) is 5.32 Å². The van der Waals surface area contributed by atoms with E-state index in [1.165, 1.54) is 54.6 Å². The molecule has 0 spiro atoms. The van der Waals surface area contributed by atoms with Gasteiger partial charge in [0.1, 0.15) is 11.3 Å². The highest BCUT2D eigenvalue weighted by Gasteiger charge is 2.21. The van der Waals surface area contributed by atoms with Crippen LogP contribution in [0.5, 0.6) is 5.75 Å². The molecular weight excluding hydrogens is 499 g/mol. The molecule has 3 rings (SSSR count). The number of anilines is 1. The zero-order valence-electron chi connectivity index (χ0n) is 18.0. The molecule has 0 saturated heterocycles. The first-order valence-corrected chi connectivity index (χ1v) is 10.6. The molecule has 0 bridgehead atoms. The molecule has 0 aromatic heterocycles. The molecule has 2 amide bonds. The van der Waals surface area contributed by atoms with Crippen molar-refractivity contribution >= 4 is 58.1 Å². The third-order valence-electron chi connectivity index (χ3n) is 4.51. The molecule has 0 radical (unpaired) electrons. The Bertz CT molecular complexity index is 1340. The number of hydrogen-bond donors (Lipinski definition) is 2. The molecule has 0 unspecified atom stereocenters. The second-order valence-corrected chi connectivity index (χ2v) is 7.72. The normalized spacial score (nSPS) is 10.9. The number of ether oxygens (including phenoxy) is 1. The smallest absolute Gasteiger partial charge is 0.350 e. The molecule has 0 saturated carbocycles. The molecule has 35 heavy (non-hydrogen) atoms. The average molecular weight is 515 g/mol. The zero-order valence-corrected chi connectivity index (χ0v) is 19.5. The van der Waals surface area contributed by atoms with Crippen molar-refractivity contribution in [2.24, 2.45) is 5.10 Å². The van der Waals surface area contributed by atoms with Gasteiger partial charge in [0.2, 0.25) is 0 Å². The van der Waals surface area contributed by atoms with E-state index >= 15 is 0 Å². The quantitative estimate of drug-likeness (QED) is 0.123. The summed E-state index contributed by atoms with van der Waals surface area (Å²) in [6.45, 7) is 1.59. The monoisotopic (exact) mass is 514 g/mol. The lowest BCUT2D eigenvalue weighted by atomic mass is 10.1. The van der Waals surface area contributed by atoms with Gasteiger partial charge in [-0.2, -0.15) is 5.10 Å². The van der Waals surface area contributed by atoms with E-state index in [2.05, 4.69) is 15.8 Å². The minimum Gasteiger partial charge on any atom is -0.423 e. The van der Waals surface area contributed by atoms with E-state index in [4.69, 9.17) is 27.9 Å². The summed E-state index contributed by atoms with van der Waals surface area (Å²) < 4.78 is 5.20. The van der Waals surface area contributed by atoms with Crippen molar-refractivity contribution in [2.45, 2.75) is 6.92 Å². The Morgan fingerprint density at radius 3 is 2.29 bits per heavy atom. The number of rotatable bonds is 6. The van der Waals surface area contributed by atoms with E-state index in [0.717, 1.165) is 0 Å². The summed E-state index contributed by atoms with van der Waals surface area (Å²) in [7, 11) is 0. The van der Waals surface area contributed by atoms with E-state index in [9.17, 15) is 24.5 Å². The summed E-state index contributed by atoms with van der Waals surface area (Å²) in [5.41, 5.74) is 2.79. The number of esters is 1. The predicted molar refractivity (Wildman–Crippen MR) is 130 cm³/mol. The van der Waals surface area contributed by atoms with Crippen LogP contribution in [0.15, 0.2) is 71.8 Å². The number of hydrazone groups is 1.